The number of rotatable bonds is 6. The van der Waals surface area contributed by atoms with Crippen molar-refractivity contribution in [3.05, 3.63) is 54.0 Å². The van der Waals surface area contributed by atoms with Crippen LogP contribution in [-0.2, 0) is 4.79 Å². The molecule has 2 aromatic heterocycles. The summed E-state index contributed by atoms with van der Waals surface area (Å²) in [5, 5.41) is 10.4. The van der Waals surface area contributed by atoms with Crippen LogP contribution in [0.5, 0.6) is 11.5 Å². The number of carbonyl (C=O) groups is 1. The number of nitrogens with two attached hydrogens (primary N) is 1. The molecule has 1 aromatic carbocycles. The average molecular weight is 531 g/mol. The van der Waals surface area contributed by atoms with Gasteiger partial charge in [0.1, 0.15) is 29.3 Å². The first-order valence-electron chi connectivity index (χ1n) is 13.2. The molecule has 0 unspecified atom stereocenters. The molecule has 2 saturated heterocycles. The minimum absolute atomic E-state index is 0.00660. The Hall–Kier alpha value is -4.07. The number of hydrogen-bond acceptors (Lipinski definition) is 8. The molecular weight excluding hydrogens is 496 g/mol. The molecule has 0 aliphatic carbocycles. The van der Waals surface area contributed by atoms with Gasteiger partial charge in [0.2, 0.25) is 5.91 Å². The van der Waals surface area contributed by atoms with Crippen LogP contribution in [0.2, 0.25) is 0 Å². The zero-order valence-electron chi connectivity index (χ0n) is 22.3. The lowest BCUT2D eigenvalue weighted by molar-refractivity contribution is -0.125. The molecule has 4 heterocycles. The number of piperidine rings is 1. The highest BCUT2D eigenvalue weighted by molar-refractivity contribution is 5.92. The van der Waals surface area contributed by atoms with Crippen molar-refractivity contribution in [3.63, 3.8) is 0 Å². The number of anilines is 1. The van der Waals surface area contributed by atoms with Crippen molar-refractivity contribution in [1.82, 2.24) is 24.3 Å². The number of likely N-dealkylation sites (tertiary alicyclic amines) is 2. The Balaban J connectivity index is 1.33. The van der Waals surface area contributed by atoms with Gasteiger partial charge in [-0.25, -0.2) is 9.97 Å². The number of aliphatic hydroxyl groups excluding tert-OH is 1. The summed E-state index contributed by atoms with van der Waals surface area (Å²) in [6.45, 7) is 3.66. The van der Waals surface area contributed by atoms with Crippen LogP contribution in [0.4, 0.5) is 5.82 Å². The maximum absolute atomic E-state index is 12.9. The number of ether oxygens (including phenoxy) is 2. The van der Waals surface area contributed by atoms with Gasteiger partial charge in [-0.2, -0.15) is 0 Å². The summed E-state index contributed by atoms with van der Waals surface area (Å²) in [5.41, 5.74) is 8.44. The number of aromatic nitrogens is 3. The van der Waals surface area contributed by atoms with Gasteiger partial charge in [-0.1, -0.05) is 17.9 Å². The van der Waals surface area contributed by atoms with Gasteiger partial charge in [0, 0.05) is 56.6 Å². The molecule has 1 amide bonds. The summed E-state index contributed by atoms with van der Waals surface area (Å²) >= 11 is 0. The van der Waals surface area contributed by atoms with Gasteiger partial charge in [-0.15, -0.1) is 0 Å². The van der Waals surface area contributed by atoms with Crippen molar-refractivity contribution in [1.29, 1.82) is 0 Å². The first-order valence-corrected chi connectivity index (χ1v) is 13.2. The third-order valence-corrected chi connectivity index (χ3v) is 7.38. The zero-order valence-corrected chi connectivity index (χ0v) is 22.3. The van der Waals surface area contributed by atoms with Gasteiger partial charge in [-0.3, -0.25) is 9.69 Å². The lowest BCUT2D eigenvalue weighted by atomic mass is 10.1. The van der Waals surface area contributed by atoms with Crippen LogP contribution in [0, 0.1) is 11.8 Å². The number of carbonyl (C=O) groups excluding carboxylic acids is 1. The fourth-order valence-corrected chi connectivity index (χ4v) is 5.18. The molecule has 2 aliphatic heterocycles. The predicted molar refractivity (Wildman–Crippen MR) is 149 cm³/mol. The highest BCUT2D eigenvalue weighted by atomic mass is 16.5. The summed E-state index contributed by atoms with van der Waals surface area (Å²) in [6.07, 6.45) is 9.18. The van der Waals surface area contributed by atoms with Gasteiger partial charge < -0.3 is 29.8 Å². The number of nitrogen functional groups attached to an aromatic ring is 1. The van der Waals surface area contributed by atoms with E-state index in [1.54, 1.807) is 26.4 Å². The number of nitrogens with zero attached hydrogens (tertiary/aromatic N) is 5. The lowest BCUT2D eigenvalue weighted by Crippen LogP contribution is -2.36. The second-order valence-electron chi connectivity index (χ2n) is 9.92. The van der Waals surface area contributed by atoms with Crippen LogP contribution < -0.4 is 15.2 Å². The van der Waals surface area contributed by atoms with E-state index in [1.807, 2.05) is 29.3 Å². The summed E-state index contributed by atoms with van der Waals surface area (Å²) < 4.78 is 12.8. The van der Waals surface area contributed by atoms with E-state index in [9.17, 15) is 9.90 Å². The Morgan fingerprint density at radius 3 is 2.56 bits per heavy atom. The van der Waals surface area contributed by atoms with Crippen molar-refractivity contribution < 1.29 is 19.4 Å². The van der Waals surface area contributed by atoms with Crippen LogP contribution >= 0.6 is 0 Å². The largest absolute Gasteiger partial charge is 0.497 e. The molecule has 1 atom stereocenters. The molecule has 2 fully saturated rings. The molecule has 3 N–H and O–H groups in total. The number of benzene rings is 1. The summed E-state index contributed by atoms with van der Waals surface area (Å²) in [4.78, 5) is 25.7. The van der Waals surface area contributed by atoms with E-state index in [2.05, 4.69) is 31.3 Å². The second-order valence-corrected chi connectivity index (χ2v) is 9.92. The van der Waals surface area contributed by atoms with E-state index < -0.39 is 0 Å². The Bertz CT molecular complexity index is 1410. The predicted octanol–water partition coefficient (Wildman–Crippen LogP) is 2.22. The minimum Gasteiger partial charge on any atom is -0.497 e. The van der Waals surface area contributed by atoms with E-state index in [1.165, 1.54) is 6.33 Å². The maximum atomic E-state index is 12.9. The van der Waals surface area contributed by atoms with E-state index in [0.717, 1.165) is 50.0 Å². The minimum atomic E-state index is -0.198. The fraction of sp³-hybridized carbons (Fsp3) is 0.414. The van der Waals surface area contributed by atoms with Gasteiger partial charge >= 0.3 is 0 Å². The Labute approximate surface area is 228 Å². The molecule has 0 saturated carbocycles. The third kappa shape index (κ3) is 6.00. The van der Waals surface area contributed by atoms with E-state index >= 15 is 0 Å². The summed E-state index contributed by atoms with van der Waals surface area (Å²) in [7, 11) is 3.20. The van der Waals surface area contributed by atoms with E-state index in [0.29, 0.717) is 41.4 Å². The average Bonchev–Trinajstić information content (AvgIpc) is 3.59. The van der Waals surface area contributed by atoms with Crippen molar-refractivity contribution >= 4 is 22.8 Å². The fourth-order valence-electron chi connectivity index (χ4n) is 5.18. The molecule has 10 nitrogen and oxygen atoms in total. The molecule has 2 aliphatic rings. The Kier molecular flexibility index (Phi) is 8.00. The molecule has 3 aromatic rings. The van der Waals surface area contributed by atoms with Crippen molar-refractivity contribution in [3.8, 4) is 23.3 Å². The number of aliphatic hydroxyl groups is 1. The first-order chi connectivity index (χ1) is 18.9. The molecule has 39 heavy (non-hydrogen) atoms. The van der Waals surface area contributed by atoms with Crippen LogP contribution in [0.3, 0.4) is 0 Å². The molecule has 10 heteroatoms. The number of methoxy groups -OCH3 is 2. The van der Waals surface area contributed by atoms with Gasteiger partial charge in [-0.05, 0) is 31.4 Å². The molecule has 0 spiro atoms. The van der Waals surface area contributed by atoms with Crippen LogP contribution in [0.1, 0.15) is 36.4 Å². The van der Waals surface area contributed by atoms with E-state index in [-0.39, 0.29) is 18.1 Å². The van der Waals surface area contributed by atoms with Crippen LogP contribution in [0.25, 0.3) is 11.0 Å². The topological polar surface area (TPSA) is 119 Å². The normalized spacial score (nSPS) is 18.4. The maximum Gasteiger partial charge on any atom is 0.246 e. The SMILES string of the molecule is COc1cc(C#Cc2cn([C@H]3CCN(C(=O)C=CCN4CCC(O)CC4)C3)c3ncnc(N)c23)cc(OC)c1. The number of fused-ring (bicyclic) bond motifs is 1. The standard InChI is InChI=1S/C29H34N6O4/c1-38-24-14-20(15-25(16-24)39-2)5-6-21-17-35(29-27(21)28(30)31-19-32-29)22-7-13-34(18-22)26(37)4-3-10-33-11-8-23(36)9-12-33/h3-4,14-17,19,22-23,36H,7-13,18H2,1-2H3,(H2,30,31,32)/t22-/m0/s1. The smallest absolute Gasteiger partial charge is 0.246 e. The molecule has 204 valence electrons. The Morgan fingerprint density at radius 2 is 1.85 bits per heavy atom. The highest BCUT2D eigenvalue weighted by Gasteiger charge is 2.28. The molecule has 0 bridgehead atoms. The van der Waals surface area contributed by atoms with Crippen LogP contribution in [-0.4, -0.2) is 88.4 Å². The zero-order chi connectivity index (χ0) is 27.4. The van der Waals surface area contributed by atoms with Gasteiger partial charge in [0.25, 0.3) is 0 Å². The summed E-state index contributed by atoms with van der Waals surface area (Å²) in [5.74, 6) is 8.10. The van der Waals surface area contributed by atoms with Crippen LogP contribution in [0.15, 0.2) is 42.9 Å². The van der Waals surface area contributed by atoms with E-state index in [4.69, 9.17) is 15.2 Å². The monoisotopic (exact) mass is 530 g/mol. The third-order valence-electron chi connectivity index (χ3n) is 7.38. The first kappa shape index (κ1) is 26.5. The van der Waals surface area contributed by atoms with Gasteiger partial charge in [0.15, 0.2) is 0 Å². The lowest BCUT2D eigenvalue weighted by Gasteiger charge is -2.28. The van der Waals surface area contributed by atoms with Crippen molar-refractivity contribution in [2.24, 2.45) is 0 Å². The quantitative estimate of drug-likeness (QED) is 0.368. The van der Waals surface area contributed by atoms with Crippen molar-refractivity contribution in [2.75, 3.05) is 52.7 Å². The summed E-state index contributed by atoms with van der Waals surface area (Å²) in [6, 6.07) is 5.54. The molecule has 5 rings (SSSR count). The number of amides is 1. The molecule has 0 radical (unpaired) electrons. The second kappa shape index (κ2) is 11.8. The number of hydrogen-bond donors (Lipinski definition) is 2. The highest BCUT2D eigenvalue weighted by Crippen LogP contribution is 2.31. The van der Waals surface area contributed by atoms with Crippen molar-refractivity contribution in [2.45, 2.75) is 31.4 Å². The molecular formula is C29H34N6O4. The van der Waals surface area contributed by atoms with Gasteiger partial charge in [0.05, 0.1) is 37.3 Å². The Morgan fingerprint density at radius 1 is 1.10 bits per heavy atom.